The van der Waals surface area contributed by atoms with Gasteiger partial charge in [-0.1, -0.05) is 12.1 Å². The van der Waals surface area contributed by atoms with E-state index in [4.69, 9.17) is 10.5 Å². The fraction of sp³-hybridized carbons (Fsp3) is 0.588. The van der Waals surface area contributed by atoms with Crippen LogP contribution in [0.5, 0.6) is 5.75 Å². The number of carbonyl (C=O) groups is 1. The zero-order valence-corrected chi connectivity index (χ0v) is 14.3. The third-order valence-corrected chi connectivity index (χ3v) is 3.96. The van der Waals surface area contributed by atoms with Gasteiger partial charge in [-0.2, -0.15) is 0 Å². The van der Waals surface area contributed by atoms with Gasteiger partial charge in [0.2, 0.25) is 5.91 Å². The molecule has 1 aromatic rings. The van der Waals surface area contributed by atoms with E-state index >= 15 is 0 Å². The molecule has 2 N–H and O–H groups in total. The highest BCUT2D eigenvalue weighted by Gasteiger charge is 2.22. The number of likely N-dealkylation sites (tertiary alicyclic amines) is 1. The fourth-order valence-corrected chi connectivity index (χ4v) is 2.60. The van der Waals surface area contributed by atoms with Gasteiger partial charge >= 0.3 is 0 Å². The first kappa shape index (κ1) is 18.8. The van der Waals surface area contributed by atoms with Crippen molar-refractivity contribution in [2.24, 2.45) is 5.73 Å². The van der Waals surface area contributed by atoms with Gasteiger partial charge in [-0.05, 0) is 50.3 Å². The lowest BCUT2D eigenvalue weighted by atomic mass is 10.1. The average molecular weight is 327 g/mol. The first-order valence-corrected chi connectivity index (χ1v) is 7.79. The molecule has 1 fully saturated rings. The second-order valence-corrected chi connectivity index (χ2v) is 5.96. The van der Waals surface area contributed by atoms with Crippen molar-refractivity contribution in [2.45, 2.75) is 45.6 Å². The highest BCUT2D eigenvalue weighted by molar-refractivity contribution is 5.85. The fourth-order valence-electron chi connectivity index (χ4n) is 2.60. The second-order valence-electron chi connectivity index (χ2n) is 5.96. The molecule has 5 heteroatoms. The SMILES string of the molecule is Cc1ccc(C)c(OCCCCC(=O)N2CCC(N)C2)c1.Cl. The van der Waals surface area contributed by atoms with Crippen molar-refractivity contribution in [1.82, 2.24) is 4.90 Å². The van der Waals surface area contributed by atoms with Crippen molar-refractivity contribution < 1.29 is 9.53 Å². The van der Waals surface area contributed by atoms with Crippen molar-refractivity contribution in [1.29, 1.82) is 0 Å². The van der Waals surface area contributed by atoms with E-state index in [1.807, 2.05) is 4.90 Å². The number of hydrogen-bond donors (Lipinski definition) is 1. The zero-order chi connectivity index (χ0) is 15.2. The number of rotatable bonds is 6. The summed E-state index contributed by atoms with van der Waals surface area (Å²) in [6.07, 6.45) is 3.30. The third-order valence-electron chi connectivity index (χ3n) is 3.96. The first-order chi connectivity index (χ1) is 10.1. The van der Waals surface area contributed by atoms with Gasteiger partial charge < -0.3 is 15.4 Å². The lowest BCUT2D eigenvalue weighted by Crippen LogP contribution is -2.31. The number of carbonyl (C=O) groups excluding carboxylic acids is 1. The Kier molecular flexibility index (Phi) is 7.69. The van der Waals surface area contributed by atoms with E-state index in [9.17, 15) is 4.79 Å². The highest BCUT2D eigenvalue weighted by Crippen LogP contribution is 2.19. The largest absolute Gasteiger partial charge is 0.493 e. The van der Waals surface area contributed by atoms with Crippen molar-refractivity contribution in [3.63, 3.8) is 0 Å². The predicted octanol–water partition coefficient (Wildman–Crippen LogP) is 2.83. The van der Waals surface area contributed by atoms with Crippen LogP contribution in [0.25, 0.3) is 0 Å². The Hall–Kier alpha value is -1.26. The Morgan fingerprint density at radius 3 is 2.82 bits per heavy atom. The number of hydrogen-bond acceptors (Lipinski definition) is 3. The molecule has 1 aliphatic rings. The van der Waals surface area contributed by atoms with E-state index in [2.05, 4.69) is 32.0 Å². The molecule has 2 rings (SSSR count). The number of amides is 1. The smallest absolute Gasteiger partial charge is 0.222 e. The van der Waals surface area contributed by atoms with Crippen LogP contribution in [0, 0.1) is 13.8 Å². The molecule has 1 aromatic carbocycles. The summed E-state index contributed by atoms with van der Waals surface area (Å²) in [5, 5.41) is 0. The topological polar surface area (TPSA) is 55.6 Å². The Bertz CT molecular complexity index is 494. The number of unbranched alkanes of at least 4 members (excludes halogenated alkanes) is 1. The standard InChI is InChI=1S/C17H26N2O2.ClH/c1-13-6-7-14(2)16(11-13)21-10-4-3-5-17(20)19-9-8-15(18)12-19;/h6-7,11,15H,3-5,8-10,12,18H2,1-2H3;1H. The van der Waals surface area contributed by atoms with Crippen LogP contribution in [0.4, 0.5) is 0 Å². The molecule has 0 aromatic heterocycles. The van der Waals surface area contributed by atoms with Crippen LogP contribution in [0.3, 0.4) is 0 Å². The zero-order valence-electron chi connectivity index (χ0n) is 13.5. The quantitative estimate of drug-likeness (QED) is 0.818. The molecule has 0 aliphatic carbocycles. The molecular weight excluding hydrogens is 300 g/mol. The normalized spacial score (nSPS) is 17.2. The van der Waals surface area contributed by atoms with Gasteiger partial charge in [0.05, 0.1) is 6.61 Å². The van der Waals surface area contributed by atoms with E-state index in [0.717, 1.165) is 43.7 Å². The van der Waals surface area contributed by atoms with Crippen LogP contribution in [-0.2, 0) is 4.79 Å². The molecule has 1 heterocycles. The van der Waals surface area contributed by atoms with Crippen LogP contribution < -0.4 is 10.5 Å². The maximum Gasteiger partial charge on any atom is 0.222 e. The van der Waals surface area contributed by atoms with E-state index in [1.165, 1.54) is 5.56 Å². The predicted molar refractivity (Wildman–Crippen MR) is 91.7 cm³/mol. The van der Waals surface area contributed by atoms with Gasteiger partial charge in [0.15, 0.2) is 0 Å². The van der Waals surface area contributed by atoms with Crippen molar-refractivity contribution in [2.75, 3.05) is 19.7 Å². The molecule has 124 valence electrons. The molecule has 0 bridgehead atoms. The number of ether oxygens (including phenoxy) is 1. The van der Waals surface area contributed by atoms with E-state index in [0.29, 0.717) is 13.0 Å². The summed E-state index contributed by atoms with van der Waals surface area (Å²) in [5.74, 6) is 1.18. The van der Waals surface area contributed by atoms with Crippen LogP contribution in [0.1, 0.15) is 36.8 Å². The summed E-state index contributed by atoms with van der Waals surface area (Å²) in [6, 6.07) is 6.39. The van der Waals surface area contributed by atoms with Gasteiger partial charge in [0.1, 0.15) is 5.75 Å². The maximum absolute atomic E-state index is 12.0. The molecular formula is C17H27ClN2O2. The van der Waals surface area contributed by atoms with Crippen molar-refractivity contribution in [3.05, 3.63) is 29.3 Å². The van der Waals surface area contributed by atoms with E-state index in [1.54, 1.807) is 0 Å². The molecule has 0 spiro atoms. The van der Waals surface area contributed by atoms with Gasteiger partial charge in [-0.15, -0.1) is 12.4 Å². The molecule has 1 unspecified atom stereocenters. The third kappa shape index (κ3) is 5.50. The monoisotopic (exact) mass is 326 g/mol. The summed E-state index contributed by atoms with van der Waals surface area (Å²) >= 11 is 0. The van der Waals surface area contributed by atoms with Crippen LogP contribution in [0.15, 0.2) is 18.2 Å². The lowest BCUT2D eigenvalue weighted by Gasteiger charge is -2.15. The maximum atomic E-state index is 12.0. The van der Waals surface area contributed by atoms with Gasteiger partial charge in [-0.25, -0.2) is 0 Å². The number of benzene rings is 1. The molecule has 0 radical (unpaired) electrons. The number of nitrogens with two attached hydrogens (primary N) is 1. The molecule has 22 heavy (non-hydrogen) atoms. The van der Waals surface area contributed by atoms with Crippen LogP contribution >= 0.6 is 12.4 Å². The van der Waals surface area contributed by atoms with E-state index in [-0.39, 0.29) is 24.4 Å². The number of nitrogens with zero attached hydrogens (tertiary/aromatic N) is 1. The van der Waals surface area contributed by atoms with Crippen LogP contribution in [-0.4, -0.2) is 36.5 Å². The molecule has 1 amide bonds. The summed E-state index contributed by atoms with van der Waals surface area (Å²) in [6.45, 7) is 6.31. The van der Waals surface area contributed by atoms with Crippen molar-refractivity contribution >= 4 is 18.3 Å². The Balaban J connectivity index is 0.00000242. The molecule has 1 atom stereocenters. The summed E-state index contributed by atoms with van der Waals surface area (Å²) in [5.41, 5.74) is 8.18. The molecule has 4 nitrogen and oxygen atoms in total. The minimum Gasteiger partial charge on any atom is -0.493 e. The average Bonchev–Trinajstić information content (AvgIpc) is 2.88. The molecule has 1 saturated heterocycles. The highest BCUT2D eigenvalue weighted by atomic mass is 35.5. The lowest BCUT2D eigenvalue weighted by molar-refractivity contribution is -0.130. The van der Waals surface area contributed by atoms with Gasteiger partial charge in [0, 0.05) is 25.6 Å². The summed E-state index contributed by atoms with van der Waals surface area (Å²) in [4.78, 5) is 13.8. The Labute approximate surface area is 139 Å². The minimum absolute atomic E-state index is 0. The Morgan fingerprint density at radius 1 is 1.36 bits per heavy atom. The van der Waals surface area contributed by atoms with E-state index < -0.39 is 0 Å². The van der Waals surface area contributed by atoms with Gasteiger partial charge in [0.25, 0.3) is 0 Å². The summed E-state index contributed by atoms with van der Waals surface area (Å²) in [7, 11) is 0. The second kappa shape index (κ2) is 9.01. The van der Waals surface area contributed by atoms with Gasteiger partial charge in [-0.3, -0.25) is 4.79 Å². The number of aryl methyl sites for hydroxylation is 2. The van der Waals surface area contributed by atoms with Crippen molar-refractivity contribution in [3.8, 4) is 5.75 Å². The minimum atomic E-state index is 0. The molecule has 0 saturated carbocycles. The molecule has 1 aliphatic heterocycles. The first-order valence-electron chi connectivity index (χ1n) is 7.79. The van der Waals surface area contributed by atoms with Crippen LogP contribution in [0.2, 0.25) is 0 Å². The number of halogens is 1. The Morgan fingerprint density at radius 2 is 2.14 bits per heavy atom. The summed E-state index contributed by atoms with van der Waals surface area (Å²) < 4.78 is 5.80.